The molecular formula is C19H20BrClO. The van der Waals surface area contributed by atoms with Gasteiger partial charge < -0.3 is 4.74 Å². The van der Waals surface area contributed by atoms with Gasteiger partial charge in [-0.05, 0) is 47.2 Å². The number of hydrogen-bond acceptors (Lipinski definition) is 1. The average Bonchev–Trinajstić information content (AvgIpc) is 2.53. The van der Waals surface area contributed by atoms with Gasteiger partial charge in [-0.25, -0.2) is 0 Å². The first-order chi connectivity index (χ1) is 10.6. The third-order valence-electron chi connectivity index (χ3n) is 3.53. The first kappa shape index (κ1) is 17.3. The van der Waals surface area contributed by atoms with Crippen molar-refractivity contribution in [2.75, 3.05) is 6.61 Å². The molecule has 0 bridgehead atoms. The van der Waals surface area contributed by atoms with Crippen LogP contribution >= 0.6 is 27.5 Å². The van der Waals surface area contributed by atoms with Gasteiger partial charge in [-0.3, -0.25) is 0 Å². The second kappa shape index (κ2) is 8.52. The zero-order chi connectivity index (χ0) is 15.9. The lowest BCUT2D eigenvalue weighted by Crippen LogP contribution is -1.97. The van der Waals surface area contributed by atoms with Crippen molar-refractivity contribution >= 4 is 27.5 Å². The number of hydrogen-bond donors (Lipinski definition) is 0. The maximum absolute atomic E-state index is 6.43. The fourth-order valence-corrected chi connectivity index (χ4v) is 3.00. The Balaban J connectivity index is 2.13. The highest BCUT2D eigenvalue weighted by atomic mass is 79.9. The molecule has 2 aromatic rings. The molecule has 0 radical (unpaired) electrons. The molecule has 2 aromatic carbocycles. The Hall–Kier alpha value is -1.09. The molecule has 0 atom stereocenters. The fraction of sp³-hybridized carbons (Fsp3) is 0.263. The summed E-state index contributed by atoms with van der Waals surface area (Å²) in [6, 6.07) is 12.8. The minimum Gasteiger partial charge on any atom is -0.373 e. The van der Waals surface area contributed by atoms with Gasteiger partial charge in [-0.1, -0.05) is 64.8 Å². The minimum absolute atomic E-state index is 0.526. The van der Waals surface area contributed by atoms with Crippen molar-refractivity contribution in [3.63, 3.8) is 0 Å². The van der Waals surface area contributed by atoms with E-state index in [1.54, 1.807) is 6.08 Å². The summed E-state index contributed by atoms with van der Waals surface area (Å²) in [5.41, 5.74) is 4.79. The van der Waals surface area contributed by atoms with Crippen molar-refractivity contribution in [1.82, 2.24) is 0 Å². The van der Waals surface area contributed by atoms with Gasteiger partial charge in [0, 0.05) is 9.50 Å². The van der Waals surface area contributed by atoms with E-state index in [1.807, 2.05) is 6.07 Å². The minimum atomic E-state index is 0.526. The molecular weight excluding hydrogens is 360 g/mol. The smallest absolute Gasteiger partial charge is 0.0732 e. The van der Waals surface area contributed by atoms with E-state index in [0.717, 1.165) is 33.5 Å². The largest absolute Gasteiger partial charge is 0.373 e. The normalized spacial score (nSPS) is 10.7. The maximum atomic E-state index is 6.43. The van der Waals surface area contributed by atoms with Gasteiger partial charge >= 0.3 is 0 Å². The highest BCUT2D eigenvalue weighted by Crippen LogP contribution is 2.28. The van der Waals surface area contributed by atoms with Crippen LogP contribution in [0.25, 0.3) is 0 Å². The van der Waals surface area contributed by atoms with Gasteiger partial charge in [0.05, 0.1) is 13.2 Å². The molecule has 0 heterocycles. The molecule has 0 aliphatic heterocycles. The molecule has 0 unspecified atom stereocenters. The van der Waals surface area contributed by atoms with Crippen molar-refractivity contribution in [2.45, 2.75) is 26.4 Å². The lowest BCUT2D eigenvalue weighted by Gasteiger charge is -2.11. The quantitative estimate of drug-likeness (QED) is 0.426. The zero-order valence-corrected chi connectivity index (χ0v) is 15.1. The first-order valence-electron chi connectivity index (χ1n) is 7.37. The molecule has 0 aromatic heterocycles. The molecule has 0 aliphatic rings. The SMILES string of the molecule is C=CCOCc1cc(Cl)c(Cc2ccc(CC)cc2)cc1Br. The van der Waals surface area contributed by atoms with Gasteiger partial charge in [0.25, 0.3) is 0 Å². The standard InChI is InChI=1S/C19H20BrClO/c1-3-9-22-13-17-12-19(21)16(11-18(17)20)10-15-7-5-14(4-2)6-8-15/h3,5-8,11-12H,1,4,9-10,13H2,2H3. The third-order valence-corrected chi connectivity index (χ3v) is 4.62. The Bertz CT molecular complexity index is 635. The molecule has 1 nitrogen and oxygen atoms in total. The molecule has 3 heteroatoms. The monoisotopic (exact) mass is 378 g/mol. The lowest BCUT2D eigenvalue weighted by atomic mass is 10.0. The summed E-state index contributed by atoms with van der Waals surface area (Å²) in [6.45, 7) is 6.87. The van der Waals surface area contributed by atoms with Crippen molar-refractivity contribution in [1.29, 1.82) is 0 Å². The Morgan fingerprint density at radius 1 is 1.14 bits per heavy atom. The second-order valence-corrected chi connectivity index (χ2v) is 6.45. The molecule has 0 aliphatic carbocycles. The Morgan fingerprint density at radius 2 is 1.82 bits per heavy atom. The third kappa shape index (κ3) is 4.70. The molecule has 0 saturated carbocycles. The van der Waals surface area contributed by atoms with E-state index in [1.165, 1.54) is 11.1 Å². The molecule has 116 valence electrons. The summed E-state index contributed by atoms with van der Waals surface area (Å²) < 4.78 is 6.51. The van der Waals surface area contributed by atoms with E-state index in [0.29, 0.717) is 13.2 Å². The van der Waals surface area contributed by atoms with Crippen LogP contribution in [0.15, 0.2) is 53.5 Å². The predicted molar refractivity (Wildman–Crippen MR) is 97.6 cm³/mol. The van der Waals surface area contributed by atoms with E-state index in [-0.39, 0.29) is 0 Å². The number of ether oxygens (including phenoxy) is 1. The van der Waals surface area contributed by atoms with E-state index in [4.69, 9.17) is 16.3 Å². The molecule has 2 rings (SSSR count). The van der Waals surface area contributed by atoms with Gasteiger partial charge in [-0.15, -0.1) is 6.58 Å². The number of halogens is 2. The highest BCUT2D eigenvalue weighted by molar-refractivity contribution is 9.10. The Morgan fingerprint density at radius 3 is 2.45 bits per heavy atom. The molecule has 0 fully saturated rings. The van der Waals surface area contributed by atoms with Gasteiger partial charge in [0.15, 0.2) is 0 Å². The van der Waals surface area contributed by atoms with Crippen LogP contribution in [0.4, 0.5) is 0 Å². The van der Waals surface area contributed by atoms with Crippen molar-refractivity contribution in [3.8, 4) is 0 Å². The summed E-state index contributed by atoms with van der Waals surface area (Å²) >= 11 is 10.0. The summed E-state index contributed by atoms with van der Waals surface area (Å²) in [4.78, 5) is 0. The van der Waals surface area contributed by atoms with Crippen LogP contribution in [0.3, 0.4) is 0 Å². The number of aryl methyl sites for hydroxylation is 1. The molecule has 0 spiro atoms. The summed E-state index contributed by atoms with van der Waals surface area (Å²) in [5, 5.41) is 0.778. The van der Waals surface area contributed by atoms with E-state index < -0.39 is 0 Å². The predicted octanol–water partition coefficient (Wildman–Crippen LogP) is 5.96. The Kier molecular flexibility index (Phi) is 6.69. The second-order valence-electron chi connectivity index (χ2n) is 5.19. The van der Waals surface area contributed by atoms with Crippen LogP contribution in [-0.2, 0) is 24.2 Å². The van der Waals surface area contributed by atoms with Crippen LogP contribution < -0.4 is 0 Å². The fourth-order valence-electron chi connectivity index (χ4n) is 2.24. The van der Waals surface area contributed by atoms with Gasteiger partial charge in [0.2, 0.25) is 0 Å². The topological polar surface area (TPSA) is 9.23 Å². The van der Waals surface area contributed by atoms with E-state index in [9.17, 15) is 0 Å². The number of benzene rings is 2. The molecule has 0 N–H and O–H groups in total. The zero-order valence-electron chi connectivity index (χ0n) is 12.7. The Labute approximate surface area is 146 Å². The van der Waals surface area contributed by atoms with Crippen LogP contribution in [0.2, 0.25) is 5.02 Å². The highest BCUT2D eigenvalue weighted by Gasteiger charge is 2.08. The van der Waals surface area contributed by atoms with Gasteiger partial charge in [0.1, 0.15) is 0 Å². The van der Waals surface area contributed by atoms with Crippen molar-refractivity contribution < 1.29 is 4.74 Å². The van der Waals surface area contributed by atoms with Crippen LogP contribution in [-0.4, -0.2) is 6.61 Å². The molecule has 0 amide bonds. The van der Waals surface area contributed by atoms with E-state index in [2.05, 4.69) is 59.8 Å². The van der Waals surface area contributed by atoms with Crippen molar-refractivity contribution in [2.24, 2.45) is 0 Å². The molecule has 0 saturated heterocycles. The maximum Gasteiger partial charge on any atom is 0.0732 e. The average molecular weight is 380 g/mol. The van der Waals surface area contributed by atoms with Crippen LogP contribution in [0.1, 0.15) is 29.2 Å². The van der Waals surface area contributed by atoms with Crippen molar-refractivity contribution in [3.05, 3.63) is 80.8 Å². The summed E-state index contributed by atoms with van der Waals surface area (Å²) in [5.74, 6) is 0. The lowest BCUT2D eigenvalue weighted by molar-refractivity contribution is 0.148. The summed E-state index contributed by atoms with van der Waals surface area (Å²) in [7, 11) is 0. The number of rotatable bonds is 7. The summed E-state index contributed by atoms with van der Waals surface area (Å²) in [6.07, 6.45) is 3.63. The van der Waals surface area contributed by atoms with Crippen LogP contribution in [0.5, 0.6) is 0 Å². The van der Waals surface area contributed by atoms with Crippen LogP contribution in [0, 0.1) is 0 Å². The van der Waals surface area contributed by atoms with Gasteiger partial charge in [-0.2, -0.15) is 0 Å². The van der Waals surface area contributed by atoms with E-state index >= 15 is 0 Å². The first-order valence-corrected chi connectivity index (χ1v) is 8.54. The molecule has 22 heavy (non-hydrogen) atoms.